The highest BCUT2D eigenvalue weighted by Crippen LogP contribution is 2.27. The highest BCUT2D eigenvalue weighted by atomic mass is 79.9. The Morgan fingerprint density at radius 1 is 1.48 bits per heavy atom. The smallest absolute Gasteiger partial charge is 0.230 e. The third kappa shape index (κ3) is 5.07. The quantitative estimate of drug-likeness (QED) is 0.816. The van der Waals surface area contributed by atoms with Gasteiger partial charge in [-0.15, -0.1) is 23.7 Å². The number of aromatic nitrogens is 1. The molecule has 0 saturated carbocycles. The fraction of sp³-hybridized carbons (Fsp3) is 0.286. The first-order valence-electron chi connectivity index (χ1n) is 6.27. The molecule has 1 atom stereocenters. The van der Waals surface area contributed by atoms with Crippen LogP contribution >= 0.6 is 39.7 Å². The van der Waals surface area contributed by atoms with Gasteiger partial charge in [0.2, 0.25) is 5.91 Å². The number of hydrogen-bond donors (Lipinski definition) is 2. The summed E-state index contributed by atoms with van der Waals surface area (Å²) in [6.45, 7) is 2.53. The van der Waals surface area contributed by atoms with E-state index in [1.807, 2.05) is 43.6 Å². The summed E-state index contributed by atoms with van der Waals surface area (Å²) in [4.78, 5) is 16.4. The van der Waals surface area contributed by atoms with E-state index in [9.17, 15) is 4.79 Å². The Morgan fingerprint density at radius 2 is 2.24 bits per heavy atom. The van der Waals surface area contributed by atoms with E-state index in [1.165, 1.54) is 11.3 Å². The van der Waals surface area contributed by atoms with Gasteiger partial charge in [0.25, 0.3) is 0 Å². The fourth-order valence-electron chi connectivity index (χ4n) is 1.74. The Hall–Kier alpha value is -0.950. The fourth-order valence-corrected chi connectivity index (χ4v) is 2.86. The van der Waals surface area contributed by atoms with Crippen molar-refractivity contribution in [3.63, 3.8) is 0 Å². The van der Waals surface area contributed by atoms with Crippen LogP contribution in [0.5, 0.6) is 0 Å². The van der Waals surface area contributed by atoms with Gasteiger partial charge in [-0.3, -0.25) is 4.79 Å². The molecule has 2 rings (SSSR count). The Labute approximate surface area is 142 Å². The second kappa shape index (κ2) is 8.48. The minimum absolute atomic E-state index is 0. The van der Waals surface area contributed by atoms with Crippen LogP contribution in [0.4, 0.5) is 5.13 Å². The van der Waals surface area contributed by atoms with E-state index >= 15 is 0 Å². The molecule has 0 aliphatic carbocycles. The molecule has 1 heterocycles. The molecule has 0 radical (unpaired) electrons. The first kappa shape index (κ1) is 18.1. The average molecular weight is 391 g/mol. The van der Waals surface area contributed by atoms with Crippen molar-refractivity contribution in [1.29, 1.82) is 0 Å². The monoisotopic (exact) mass is 389 g/mol. The molecule has 2 N–H and O–H groups in total. The maximum Gasteiger partial charge on any atom is 0.230 e. The largest absolute Gasteiger partial charge is 0.319 e. The molecule has 1 unspecified atom stereocenters. The molecule has 1 amide bonds. The van der Waals surface area contributed by atoms with Crippen molar-refractivity contribution in [3.05, 3.63) is 34.1 Å². The van der Waals surface area contributed by atoms with E-state index in [0.29, 0.717) is 11.7 Å². The van der Waals surface area contributed by atoms with Gasteiger partial charge in [-0.1, -0.05) is 35.0 Å². The molecule has 7 heteroatoms. The highest BCUT2D eigenvalue weighted by Gasteiger charge is 2.14. The van der Waals surface area contributed by atoms with E-state index < -0.39 is 0 Å². The number of halogens is 2. The molecule has 4 nitrogen and oxygen atoms in total. The predicted octanol–water partition coefficient (Wildman–Crippen LogP) is 3.79. The number of benzene rings is 1. The molecule has 0 bridgehead atoms. The first-order chi connectivity index (χ1) is 9.60. The molecule has 0 fully saturated rings. The normalized spacial score (nSPS) is 11.6. The van der Waals surface area contributed by atoms with E-state index in [4.69, 9.17) is 0 Å². The number of carbonyl (C=O) groups excluding carboxylic acids is 1. The van der Waals surface area contributed by atoms with Crippen molar-refractivity contribution in [3.8, 4) is 11.3 Å². The first-order valence-corrected chi connectivity index (χ1v) is 7.94. The van der Waals surface area contributed by atoms with Crippen molar-refractivity contribution in [2.45, 2.75) is 6.92 Å². The number of carbonyl (C=O) groups is 1. The van der Waals surface area contributed by atoms with Gasteiger partial charge >= 0.3 is 0 Å². The number of thiazole rings is 1. The maximum absolute atomic E-state index is 11.9. The van der Waals surface area contributed by atoms with Crippen LogP contribution in [0.25, 0.3) is 11.3 Å². The second-order valence-corrected chi connectivity index (χ2v) is 6.27. The zero-order valence-corrected chi connectivity index (χ0v) is 14.9. The number of amides is 1. The van der Waals surface area contributed by atoms with Gasteiger partial charge in [-0.2, -0.15) is 0 Å². The summed E-state index contributed by atoms with van der Waals surface area (Å²) in [6, 6.07) is 7.93. The van der Waals surface area contributed by atoms with E-state index in [0.717, 1.165) is 15.7 Å². The predicted molar refractivity (Wildman–Crippen MR) is 94.2 cm³/mol. The van der Waals surface area contributed by atoms with Crippen molar-refractivity contribution < 1.29 is 4.79 Å². The Balaban J connectivity index is 0.00000220. The number of hydrogen-bond acceptors (Lipinski definition) is 4. The van der Waals surface area contributed by atoms with Crippen LogP contribution in [-0.4, -0.2) is 24.5 Å². The maximum atomic E-state index is 11.9. The Bertz CT molecular complexity index is 605. The van der Waals surface area contributed by atoms with Crippen LogP contribution in [-0.2, 0) is 4.79 Å². The minimum atomic E-state index is -0.0850. The number of rotatable bonds is 5. The van der Waals surface area contributed by atoms with E-state index in [-0.39, 0.29) is 24.2 Å². The van der Waals surface area contributed by atoms with Crippen LogP contribution in [0.2, 0.25) is 0 Å². The third-order valence-corrected chi connectivity index (χ3v) is 4.06. The lowest BCUT2D eigenvalue weighted by Crippen LogP contribution is -2.28. The molecule has 0 spiro atoms. The molecule has 0 aliphatic rings. The van der Waals surface area contributed by atoms with Crippen molar-refractivity contribution >= 4 is 50.7 Å². The average Bonchev–Trinajstić information content (AvgIpc) is 2.87. The minimum Gasteiger partial charge on any atom is -0.319 e. The van der Waals surface area contributed by atoms with Crippen LogP contribution in [0.15, 0.2) is 34.1 Å². The summed E-state index contributed by atoms with van der Waals surface area (Å²) in [7, 11) is 1.83. The molecular weight excluding hydrogens is 374 g/mol. The third-order valence-electron chi connectivity index (χ3n) is 2.81. The summed E-state index contributed by atoms with van der Waals surface area (Å²) in [5.41, 5.74) is 1.90. The van der Waals surface area contributed by atoms with Gasteiger partial charge in [0, 0.05) is 27.9 Å². The van der Waals surface area contributed by atoms with Gasteiger partial charge in [0.1, 0.15) is 0 Å². The van der Waals surface area contributed by atoms with Crippen LogP contribution in [0.3, 0.4) is 0 Å². The van der Waals surface area contributed by atoms with Gasteiger partial charge in [-0.05, 0) is 19.2 Å². The van der Waals surface area contributed by atoms with Gasteiger partial charge in [0.15, 0.2) is 5.13 Å². The molecular formula is C14H17BrClN3OS. The molecule has 0 aliphatic heterocycles. The van der Waals surface area contributed by atoms with Crippen molar-refractivity contribution in [2.24, 2.45) is 5.92 Å². The second-order valence-electron chi connectivity index (χ2n) is 4.50. The lowest BCUT2D eigenvalue weighted by molar-refractivity contribution is -0.119. The number of nitrogens with zero attached hydrogens (tertiary/aromatic N) is 1. The molecule has 114 valence electrons. The zero-order valence-electron chi connectivity index (χ0n) is 11.7. The molecule has 21 heavy (non-hydrogen) atoms. The van der Waals surface area contributed by atoms with Gasteiger partial charge in [0.05, 0.1) is 5.69 Å². The highest BCUT2D eigenvalue weighted by molar-refractivity contribution is 9.10. The molecule has 0 saturated heterocycles. The molecule has 2 aromatic rings. The molecule has 1 aromatic carbocycles. The summed E-state index contributed by atoms with van der Waals surface area (Å²) in [5.74, 6) is -0.104. The molecule has 1 aromatic heterocycles. The summed E-state index contributed by atoms with van der Waals surface area (Å²) >= 11 is 4.88. The number of nitrogens with one attached hydrogen (secondary N) is 2. The summed E-state index contributed by atoms with van der Waals surface area (Å²) < 4.78 is 1.01. The van der Waals surface area contributed by atoms with Gasteiger partial charge < -0.3 is 10.6 Å². The zero-order chi connectivity index (χ0) is 14.5. The Morgan fingerprint density at radius 3 is 2.90 bits per heavy atom. The Kier molecular flexibility index (Phi) is 7.31. The lowest BCUT2D eigenvalue weighted by atomic mass is 10.1. The van der Waals surface area contributed by atoms with Crippen molar-refractivity contribution in [1.82, 2.24) is 10.3 Å². The van der Waals surface area contributed by atoms with Gasteiger partial charge in [-0.25, -0.2) is 4.98 Å². The van der Waals surface area contributed by atoms with E-state index in [2.05, 4.69) is 31.5 Å². The van der Waals surface area contributed by atoms with E-state index in [1.54, 1.807) is 0 Å². The SMILES string of the molecule is CNCC(C)C(=O)Nc1nc(-c2cccc(Br)c2)cs1.Cl. The van der Waals surface area contributed by atoms with Crippen LogP contribution in [0, 0.1) is 5.92 Å². The van der Waals surface area contributed by atoms with Crippen molar-refractivity contribution in [2.75, 3.05) is 18.9 Å². The topological polar surface area (TPSA) is 54.0 Å². The standard InChI is InChI=1S/C14H16BrN3OS.ClH/c1-9(7-16-2)13(19)18-14-17-12(8-20-14)10-4-3-5-11(15)6-10;/h3-6,8-9,16H,7H2,1-2H3,(H,17,18,19);1H. The van der Waals surface area contributed by atoms with Crippen LogP contribution in [0.1, 0.15) is 6.92 Å². The number of anilines is 1. The van der Waals surface area contributed by atoms with Crippen LogP contribution < -0.4 is 10.6 Å². The summed E-state index contributed by atoms with van der Waals surface area (Å²) in [6.07, 6.45) is 0. The lowest BCUT2D eigenvalue weighted by Gasteiger charge is -2.09. The summed E-state index contributed by atoms with van der Waals surface area (Å²) in [5, 5.41) is 8.41.